The predicted octanol–water partition coefficient (Wildman–Crippen LogP) is 0.393. The first-order chi connectivity index (χ1) is 7.13. The number of carbonyl (C=O) groups is 1. The van der Waals surface area contributed by atoms with Crippen LogP contribution in [0.5, 0.6) is 0 Å². The number of rotatable bonds is 7. The minimum absolute atomic E-state index is 0.0546. The zero-order valence-electron chi connectivity index (χ0n) is 9.46. The fourth-order valence-corrected chi connectivity index (χ4v) is 1.78. The van der Waals surface area contributed by atoms with E-state index in [1.54, 1.807) is 0 Å². The Balaban J connectivity index is 2.22. The minimum Gasteiger partial charge on any atom is -0.396 e. The van der Waals surface area contributed by atoms with Gasteiger partial charge in [-0.2, -0.15) is 0 Å². The van der Waals surface area contributed by atoms with Gasteiger partial charge in [0, 0.05) is 13.2 Å². The quantitative estimate of drug-likeness (QED) is 0.574. The van der Waals surface area contributed by atoms with Gasteiger partial charge in [-0.05, 0) is 31.1 Å². The van der Waals surface area contributed by atoms with Gasteiger partial charge in [0.15, 0.2) is 0 Å². The number of hydrogen-bond acceptors (Lipinski definition) is 3. The van der Waals surface area contributed by atoms with Crippen LogP contribution in [0.25, 0.3) is 0 Å². The molecule has 88 valence electrons. The number of nitrogens with one attached hydrogen (secondary N) is 1. The smallest absolute Gasteiger partial charge is 0.236 e. The van der Waals surface area contributed by atoms with Crippen LogP contribution in [0.15, 0.2) is 0 Å². The maximum absolute atomic E-state index is 11.5. The first kappa shape index (κ1) is 12.5. The highest BCUT2D eigenvalue weighted by Gasteiger charge is 2.42. The molecule has 15 heavy (non-hydrogen) atoms. The number of aliphatic hydroxyl groups is 1. The topological polar surface area (TPSA) is 75.4 Å². The summed E-state index contributed by atoms with van der Waals surface area (Å²) in [5.41, 5.74) is 5.87. The second-order valence-corrected chi connectivity index (χ2v) is 4.59. The van der Waals surface area contributed by atoms with Gasteiger partial charge >= 0.3 is 0 Å². The normalized spacial score (nSPS) is 19.7. The molecule has 1 rings (SSSR count). The maximum Gasteiger partial charge on any atom is 0.236 e. The van der Waals surface area contributed by atoms with E-state index in [-0.39, 0.29) is 24.0 Å². The summed E-state index contributed by atoms with van der Waals surface area (Å²) in [6.45, 7) is 2.89. The lowest BCUT2D eigenvalue weighted by Gasteiger charge is -2.16. The highest BCUT2D eigenvalue weighted by molar-refractivity contribution is 5.81. The van der Waals surface area contributed by atoms with Gasteiger partial charge in [-0.15, -0.1) is 0 Å². The van der Waals surface area contributed by atoms with Crippen LogP contribution in [-0.4, -0.2) is 30.2 Å². The zero-order valence-corrected chi connectivity index (χ0v) is 9.46. The Morgan fingerprint density at radius 1 is 1.60 bits per heavy atom. The van der Waals surface area contributed by atoms with Crippen molar-refractivity contribution in [3.8, 4) is 0 Å². The molecule has 0 aromatic heterocycles. The highest BCUT2D eigenvalue weighted by Crippen LogP contribution is 2.47. The van der Waals surface area contributed by atoms with E-state index in [1.165, 1.54) is 0 Å². The molecule has 0 aliphatic heterocycles. The van der Waals surface area contributed by atoms with Gasteiger partial charge in [0.2, 0.25) is 5.91 Å². The summed E-state index contributed by atoms with van der Waals surface area (Å²) in [4.78, 5) is 11.5. The van der Waals surface area contributed by atoms with Crippen molar-refractivity contribution in [3.05, 3.63) is 0 Å². The summed E-state index contributed by atoms with van der Waals surface area (Å²) in [7, 11) is 0. The van der Waals surface area contributed by atoms with Crippen molar-refractivity contribution in [2.75, 3.05) is 13.2 Å². The van der Waals surface area contributed by atoms with Gasteiger partial charge in [0.1, 0.15) is 0 Å². The van der Waals surface area contributed by atoms with E-state index in [0.29, 0.717) is 6.54 Å². The molecule has 1 fully saturated rings. The molecule has 0 spiro atoms. The summed E-state index contributed by atoms with van der Waals surface area (Å²) >= 11 is 0. The van der Waals surface area contributed by atoms with Crippen LogP contribution < -0.4 is 11.1 Å². The molecule has 1 atom stereocenters. The van der Waals surface area contributed by atoms with Crippen LogP contribution >= 0.6 is 0 Å². The molecule has 1 saturated carbocycles. The molecule has 0 aromatic rings. The highest BCUT2D eigenvalue weighted by atomic mass is 16.3. The van der Waals surface area contributed by atoms with Crippen LogP contribution in [0.1, 0.15) is 39.0 Å². The molecule has 1 aliphatic carbocycles. The Morgan fingerprint density at radius 3 is 2.73 bits per heavy atom. The van der Waals surface area contributed by atoms with Crippen molar-refractivity contribution < 1.29 is 9.90 Å². The van der Waals surface area contributed by atoms with E-state index >= 15 is 0 Å². The van der Waals surface area contributed by atoms with Crippen LogP contribution in [0.2, 0.25) is 0 Å². The fraction of sp³-hybridized carbons (Fsp3) is 0.909. The molecule has 0 radical (unpaired) electrons. The van der Waals surface area contributed by atoms with E-state index in [1.807, 2.05) is 6.92 Å². The van der Waals surface area contributed by atoms with E-state index in [2.05, 4.69) is 5.32 Å². The number of amides is 1. The van der Waals surface area contributed by atoms with Gasteiger partial charge in [-0.3, -0.25) is 4.79 Å². The molecule has 4 nitrogen and oxygen atoms in total. The van der Waals surface area contributed by atoms with Gasteiger partial charge in [0.25, 0.3) is 0 Å². The molecule has 1 aliphatic rings. The molecule has 0 aromatic carbocycles. The van der Waals surface area contributed by atoms with Crippen molar-refractivity contribution in [1.82, 2.24) is 5.32 Å². The van der Waals surface area contributed by atoms with Gasteiger partial charge in [-0.25, -0.2) is 0 Å². The standard InChI is InChI=1S/C11H22N2O2/c1-2-3-9(12)10(15)13-8-11(4-5-11)6-7-14/h9,14H,2-8,12H2,1H3,(H,13,15)/t9-/m1/s1. The molecular formula is C11H22N2O2. The second-order valence-electron chi connectivity index (χ2n) is 4.59. The SMILES string of the molecule is CCC[C@@H](N)C(=O)NCC1(CCO)CC1. The molecule has 0 unspecified atom stereocenters. The summed E-state index contributed by atoms with van der Waals surface area (Å²) in [5, 5.41) is 11.7. The Bertz CT molecular complexity index is 215. The van der Waals surface area contributed by atoms with Crippen LogP contribution in [0.4, 0.5) is 0 Å². The average molecular weight is 214 g/mol. The van der Waals surface area contributed by atoms with E-state index in [4.69, 9.17) is 10.8 Å². The first-order valence-electron chi connectivity index (χ1n) is 5.78. The Morgan fingerprint density at radius 2 is 2.27 bits per heavy atom. The van der Waals surface area contributed by atoms with Gasteiger partial charge < -0.3 is 16.2 Å². The van der Waals surface area contributed by atoms with Crippen LogP contribution in [0, 0.1) is 5.41 Å². The van der Waals surface area contributed by atoms with Crippen molar-refractivity contribution in [1.29, 1.82) is 0 Å². The van der Waals surface area contributed by atoms with Gasteiger partial charge in [0.05, 0.1) is 6.04 Å². The van der Waals surface area contributed by atoms with E-state index in [0.717, 1.165) is 32.1 Å². The third-order valence-electron chi connectivity index (χ3n) is 3.17. The van der Waals surface area contributed by atoms with E-state index < -0.39 is 0 Å². The maximum atomic E-state index is 11.5. The van der Waals surface area contributed by atoms with Gasteiger partial charge in [-0.1, -0.05) is 13.3 Å². The molecule has 4 heteroatoms. The summed E-state index contributed by atoms with van der Waals surface area (Å²) in [6, 6.07) is -0.375. The number of hydrogen-bond donors (Lipinski definition) is 3. The molecule has 4 N–H and O–H groups in total. The number of aliphatic hydroxyl groups excluding tert-OH is 1. The predicted molar refractivity (Wildman–Crippen MR) is 59.3 cm³/mol. The summed E-state index contributed by atoms with van der Waals surface area (Å²) in [5.74, 6) is -0.0546. The Labute approximate surface area is 91.2 Å². The third kappa shape index (κ3) is 3.80. The first-order valence-corrected chi connectivity index (χ1v) is 5.78. The van der Waals surface area contributed by atoms with Crippen LogP contribution in [0.3, 0.4) is 0 Å². The van der Waals surface area contributed by atoms with Crippen LogP contribution in [-0.2, 0) is 4.79 Å². The lowest BCUT2D eigenvalue weighted by atomic mass is 10.0. The largest absolute Gasteiger partial charge is 0.396 e. The number of nitrogens with two attached hydrogens (primary N) is 1. The molecule has 0 saturated heterocycles. The second kappa shape index (κ2) is 5.47. The number of carbonyl (C=O) groups excluding carboxylic acids is 1. The Kier molecular flexibility index (Phi) is 4.54. The van der Waals surface area contributed by atoms with Crippen molar-refractivity contribution in [2.24, 2.45) is 11.1 Å². The lowest BCUT2D eigenvalue weighted by molar-refractivity contribution is -0.122. The molecular weight excluding hydrogens is 192 g/mol. The van der Waals surface area contributed by atoms with E-state index in [9.17, 15) is 4.79 Å². The summed E-state index contributed by atoms with van der Waals surface area (Å²) < 4.78 is 0. The monoisotopic (exact) mass is 214 g/mol. The van der Waals surface area contributed by atoms with Crippen molar-refractivity contribution in [3.63, 3.8) is 0 Å². The lowest BCUT2D eigenvalue weighted by Crippen LogP contribution is -2.42. The van der Waals surface area contributed by atoms with Crippen molar-refractivity contribution >= 4 is 5.91 Å². The zero-order chi connectivity index (χ0) is 11.3. The average Bonchev–Trinajstić information content (AvgIpc) is 2.96. The van der Waals surface area contributed by atoms with Crippen molar-refractivity contribution in [2.45, 2.75) is 45.1 Å². The summed E-state index contributed by atoms with van der Waals surface area (Å²) in [6.07, 6.45) is 4.67. The Hall–Kier alpha value is -0.610. The fourth-order valence-electron chi connectivity index (χ4n) is 1.78. The minimum atomic E-state index is -0.375. The third-order valence-corrected chi connectivity index (χ3v) is 3.17. The molecule has 0 heterocycles. The molecule has 1 amide bonds. The molecule has 0 bridgehead atoms.